The summed E-state index contributed by atoms with van der Waals surface area (Å²) in [6, 6.07) is 7.66. The molecule has 1 aliphatic carbocycles. The third kappa shape index (κ3) is 2.16. The van der Waals surface area contributed by atoms with Crippen LogP contribution in [0.5, 0.6) is 0 Å². The summed E-state index contributed by atoms with van der Waals surface area (Å²) in [6.45, 7) is 5.01. The van der Waals surface area contributed by atoms with Gasteiger partial charge in [-0.05, 0) is 30.7 Å². The molecule has 0 aromatic heterocycles. The average molecular weight is 271 g/mol. The maximum Gasteiger partial charge on any atom is 0.258 e. The largest absolute Gasteiger partial charge is 0.396 e. The highest BCUT2D eigenvalue weighted by atomic mass is 16.3. The van der Waals surface area contributed by atoms with E-state index in [9.17, 15) is 9.90 Å². The number of aliphatic hydroxyl groups is 1. The Labute approximate surface area is 119 Å². The Morgan fingerprint density at radius 2 is 1.80 bits per heavy atom. The second-order valence-electron chi connectivity index (χ2n) is 5.90. The topological polar surface area (TPSA) is 40.5 Å². The first kappa shape index (κ1) is 13.4. The van der Waals surface area contributed by atoms with Crippen molar-refractivity contribution in [3.63, 3.8) is 0 Å². The van der Waals surface area contributed by atoms with Gasteiger partial charge in [-0.1, -0.05) is 37.6 Å². The van der Waals surface area contributed by atoms with Gasteiger partial charge in [0.1, 0.15) is 0 Å². The lowest BCUT2D eigenvalue weighted by molar-refractivity contribution is 0.0753. The Balaban J connectivity index is 1.79. The quantitative estimate of drug-likeness (QED) is 0.918. The standard InChI is InChI=1S/C17H21NO2/c1-12-15-8-4-5-9-16(15)17(20)18(12)10-13-6-2-3-7-14(13)11-19/h4-5,8-9,13-14,19H,1-3,6-7,10-11H2. The summed E-state index contributed by atoms with van der Waals surface area (Å²) in [4.78, 5) is 14.3. The summed E-state index contributed by atoms with van der Waals surface area (Å²) in [5.74, 6) is 0.782. The van der Waals surface area contributed by atoms with Crippen LogP contribution < -0.4 is 0 Å². The minimum atomic E-state index is 0.0628. The molecule has 1 aromatic rings. The molecule has 1 N–H and O–H groups in total. The van der Waals surface area contributed by atoms with Crippen molar-refractivity contribution < 1.29 is 9.90 Å². The van der Waals surface area contributed by atoms with E-state index in [1.807, 2.05) is 29.2 Å². The fraction of sp³-hybridized carbons (Fsp3) is 0.471. The van der Waals surface area contributed by atoms with E-state index >= 15 is 0 Å². The average Bonchev–Trinajstić information content (AvgIpc) is 2.73. The highest BCUT2D eigenvalue weighted by Gasteiger charge is 2.34. The Bertz CT molecular complexity index is 503. The van der Waals surface area contributed by atoms with Gasteiger partial charge in [0.15, 0.2) is 0 Å². The summed E-state index contributed by atoms with van der Waals surface area (Å²) in [5.41, 5.74) is 2.52. The van der Waals surface area contributed by atoms with Crippen molar-refractivity contribution in [1.82, 2.24) is 4.90 Å². The molecule has 2 atom stereocenters. The molecule has 3 heteroatoms. The van der Waals surface area contributed by atoms with Crippen LogP contribution in [0.15, 0.2) is 30.8 Å². The summed E-state index contributed by atoms with van der Waals surface area (Å²) in [6.07, 6.45) is 4.56. The van der Waals surface area contributed by atoms with Gasteiger partial charge in [-0.25, -0.2) is 0 Å². The summed E-state index contributed by atoms with van der Waals surface area (Å²) in [5, 5.41) is 9.51. The molecule has 3 rings (SSSR count). The molecule has 1 amide bonds. The number of amides is 1. The number of carbonyl (C=O) groups is 1. The van der Waals surface area contributed by atoms with Gasteiger partial charge in [0.2, 0.25) is 0 Å². The van der Waals surface area contributed by atoms with Gasteiger partial charge in [-0.3, -0.25) is 4.79 Å². The number of nitrogens with zero attached hydrogens (tertiary/aromatic N) is 1. The second kappa shape index (κ2) is 5.41. The van der Waals surface area contributed by atoms with Crippen molar-refractivity contribution in [2.45, 2.75) is 25.7 Å². The van der Waals surface area contributed by atoms with E-state index in [-0.39, 0.29) is 12.5 Å². The zero-order valence-electron chi connectivity index (χ0n) is 11.7. The molecule has 3 nitrogen and oxygen atoms in total. The zero-order valence-corrected chi connectivity index (χ0v) is 11.7. The SMILES string of the molecule is C=C1c2ccccc2C(=O)N1CC1CCCCC1CO. The zero-order chi connectivity index (χ0) is 14.1. The van der Waals surface area contributed by atoms with E-state index in [4.69, 9.17) is 0 Å². The maximum atomic E-state index is 12.5. The Hall–Kier alpha value is -1.61. The number of benzene rings is 1. The van der Waals surface area contributed by atoms with E-state index in [0.717, 1.165) is 29.7 Å². The summed E-state index contributed by atoms with van der Waals surface area (Å²) < 4.78 is 0. The lowest BCUT2D eigenvalue weighted by Crippen LogP contribution is -2.35. The monoisotopic (exact) mass is 271 g/mol. The van der Waals surface area contributed by atoms with Crippen molar-refractivity contribution in [3.05, 3.63) is 42.0 Å². The number of fused-ring (bicyclic) bond motifs is 1. The molecule has 1 aromatic carbocycles. The van der Waals surface area contributed by atoms with Crippen LogP contribution in [0.4, 0.5) is 0 Å². The molecule has 1 aliphatic heterocycles. The van der Waals surface area contributed by atoms with Gasteiger partial charge in [0.05, 0.1) is 0 Å². The van der Waals surface area contributed by atoms with E-state index in [0.29, 0.717) is 18.4 Å². The van der Waals surface area contributed by atoms with Crippen molar-refractivity contribution in [2.24, 2.45) is 11.8 Å². The van der Waals surface area contributed by atoms with Crippen LogP contribution in [-0.2, 0) is 0 Å². The number of rotatable bonds is 3. The third-order valence-electron chi connectivity index (χ3n) is 4.76. The Morgan fingerprint density at radius 1 is 1.15 bits per heavy atom. The third-order valence-corrected chi connectivity index (χ3v) is 4.76. The van der Waals surface area contributed by atoms with E-state index < -0.39 is 0 Å². The lowest BCUT2D eigenvalue weighted by atomic mass is 9.79. The van der Waals surface area contributed by atoms with Crippen LogP contribution in [0.2, 0.25) is 0 Å². The maximum absolute atomic E-state index is 12.5. The molecule has 0 radical (unpaired) electrons. The molecule has 106 valence electrons. The number of carbonyl (C=O) groups excluding carboxylic acids is 1. The number of hydrogen-bond donors (Lipinski definition) is 1. The molecule has 1 saturated carbocycles. The minimum Gasteiger partial charge on any atom is -0.396 e. The van der Waals surface area contributed by atoms with Gasteiger partial charge >= 0.3 is 0 Å². The van der Waals surface area contributed by atoms with Gasteiger partial charge in [0, 0.05) is 30.0 Å². The highest BCUT2D eigenvalue weighted by Crippen LogP contribution is 2.36. The molecule has 2 unspecified atom stereocenters. The molecule has 1 fully saturated rings. The van der Waals surface area contributed by atoms with E-state index in [1.54, 1.807) is 0 Å². The van der Waals surface area contributed by atoms with Crippen molar-refractivity contribution in [3.8, 4) is 0 Å². The molecule has 0 saturated heterocycles. The molecule has 2 aliphatic rings. The Kier molecular flexibility index (Phi) is 3.62. The molecule has 1 heterocycles. The summed E-state index contributed by atoms with van der Waals surface area (Å²) in [7, 11) is 0. The Morgan fingerprint density at radius 3 is 2.45 bits per heavy atom. The second-order valence-corrected chi connectivity index (χ2v) is 5.90. The van der Waals surface area contributed by atoms with Gasteiger partial charge in [-0.2, -0.15) is 0 Å². The van der Waals surface area contributed by atoms with Crippen LogP contribution in [0.3, 0.4) is 0 Å². The van der Waals surface area contributed by atoms with Crippen LogP contribution in [0.25, 0.3) is 5.70 Å². The summed E-state index contributed by atoms with van der Waals surface area (Å²) >= 11 is 0. The first-order valence-electron chi connectivity index (χ1n) is 7.43. The normalized spacial score (nSPS) is 25.9. The van der Waals surface area contributed by atoms with Crippen LogP contribution in [-0.4, -0.2) is 29.1 Å². The van der Waals surface area contributed by atoms with Gasteiger partial charge in [-0.15, -0.1) is 0 Å². The molecule has 0 spiro atoms. The molecular weight excluding hydrogens is 250 g/mol. The van der Waals surface area contributed by atoms with Crippen molar-refractivity contribution in [1.29, 1.82) is 0 Å². The number of hydrogen-bond acceptors (Lipinski definition) is 2. The first-order valence-corrected chi connectivity index (χ1v) is 7.43. The fourth-order valence-electron chi connectivity index (χ4n) is 3.53. The first-order chi connectivity index (χ1) is 9.72. The predicted molar refractivity (Wildman–Crippen MR) is 79.0 cm³/mol. The molecular formula is C17H21NO2. The fourth-order valence-corrected chi connectivity index (χ4v) is 3.53. The van der Waals surface area contributed by atoms with Crippen molar-refractivity contribution in [2.75, 3.05) is 13.2 Å². The van der Waals surface area contributed by atoms with E-state index in [2.05, 4.69) is 6.58 Å². The van der Waals surface area contributed by atoms with Crippen LogP contribution >= 0.6 is 0 Å². The van der Waals surface area contributed by atoms with Crippen LogP contribution in [0.1, 0.15) is 41.6 Å². The smallest absolute Gasteiger partial charge is 0.258 e. The van der Waals surface area contributed by atoms with Gasteiger partial charge < -0.3 is 10.0 Å². The van der Waals surface area contributed by atoms with Gasteiger partial charge in [0.25, 0.3) is 5.91 Å². The van der Waals surface area contributed by atoms with Crippen LogP contribution in [0, 0.1) is 11.8 Å². The highest BCUT2D eigenvalue weighted by molar-refractivity contribution is 6.08. The molecule has 20 heavy (non-hydrogen) atoms. The predicted octanol–water partition coefficient (Wildman–Crippen LogP) is 2.91. The number of aliphatic hydroxyl groups excluding tert-OH is 1. The minimum absolute atomic E-state index is 0.0628. The van der Waals surface area contributed by atoms with Crippen molar-refractivity contribution >= 4 is 11.6 Å². The molecule has 0 bridgehead atoms. The lowest BCUT2D eigenvalue weighted by Gasteiger charge is -2.33. The van der Waals surface area contributed by atoms with E-state index in [1.165, 1.54) is 12.8 Å².